The predicted molar refractivity (Wildman–Crippen MR) is 99.8 cm³/mol. The fourth-order valence-corrected chi connectivity index (χ4v) is 2.87. The van der Waals surface area contributed by atoms with Gasteiger partial charge in [-0.15, -0.1) is 0 Å². The van der Waals surface area contributed by atoms with Gasteiger partial charge in [-0.3, -0.25) is 0 Å². The van der Waals surface area contributed by atoms with Crippen LogP contribution in [0.2, 0.25) is 0 Å². The lowest BCUT2D eigenvalue weighted by atomic mass is 9.88. The van der Waals surface area contributed by atoms with Crippen LogP contribution in [0.3, 0.4) is 0 Å². The lowest BCUT2D eigenvalue weighted by Gasteiger charge is -2.36. The first kappa shape index (κ1) is 21.9. The van der Waals surface area contributed by atoms with Crippen LogP contribution in [-0.4, -0.2) is 52.9 Å². The largest absolute Gasteiger partial charge is 0.444 e. The van der Waals surface area contributed by atoms with Gasteiger partial charge in [-0.2, -0.15) is 18.2 Å². The number of ether oxygens (including phenoxy) is 1. The minimum atomic E-state index is -4.54. The molecule has 1 amide bonds. The molecule has 7 nitrogen and oxygen atoms in total. The number of aliphatic imine (C=N–C) groups is 1. The Morgan fingerprint density at radius 3 is 2.61 bits per heavy atom. The number of carbonyl (C=O) groups excluding carboxylic acids is 1. The van der Waals surface area contributed by atoms with Crippen LogP contribution in [0.5, 0.6) is 0 Å². The van der Waals surface area contributed by atoms with E-state index in [1.165, 1.54) is 7.05 Å². The maximum absolute atomic E-state index is 12.9. The molecule has 0 aromatic carbocycles. The van der Waals surface area contributed by atoms with E-state index in [2.05, 4.69) is 20.3 Å². The SMILES string of the molecule is CNc1nc(N=CC2CCN(C(=O)OC(C)(C)C)CC2C)ncc1C(F)(F)F. The molecule has 2 atom stereocenters. The molecule has 1 aromatic rings. The monoisotopic (exact) mass is 401 g/mol. The molecule has 28 heavy (non-hydrogen) atoms. The third kappa shape index (κ3) is 5.80. The molecule has 0 spiro atoms. The number of nitrogens with zero attached hydrogens (tertiary/aromatic N) is 4. The zero-order valence-corrected chi connectivity index (χ0v) is 16.7. The van der Waals surface area contributed by atoms with E-state index >= 15 is 0 Å². The Balaban J connectivity index is 2.03. The average Bonchev–Trinajstić information content (AvgIpc) is 2.58. The number of piperidine rings is 1. The van der Waals surface area contributed by atoms with Gasteiger partial charge in [-0.05, 0) is 33.1 Å². The maximum Gasteiger partial charge on any atom is 0.421 e. The summed E-state index contributed by atoms with van der Waals surface area (Å²) in [5.74, 6) is -0.188. The quantitative estimate of drug-likeness (QED) is 0.771. The van der Waals surface area contributed by atoms with Gasteiger partial charge in [0.25, 0.3) is 5.95 Å². The van der Waals surface area contributed by atoms with E-state index in [0.717, 1.165) is 6.20 Å². The Labute approximate surface area is 162 Å². The number of hydrogen-bond donors (Lipinski definition) is 1. The summed E-state index contributed by atoms with van der Waals surface area (Å²) in [5.41, 5.74) is -1.49. The molecule has 1 aromatic heterocycles. The number of amides is 1. The Morgan fingerprint density at radius 2 is 2.07 bits per heavy atom. The number of rotatable bonds is 3. The number of nitrogens with one attached hydrogen (secondary N) is 1. The highest BCUT2D eigenvalue weighted by atomic mass is 19.4. The second-order valence-electron chi connectivity index (χ2n) is 7.81. The summed E-state index contributed by atoms with van der Waals surface area (Å²) in [5, 5.41) is 2.42. The highest BCUT2D eigenvalue weighted by molar-refractivity contribution is 5.69. The molecule has 1 aliphatic rings. The molecule has 1 fully saturated rings. The van der Waals surface area contributed by atoms with Crippen molar-refractivity contribution in [2.75, 3.05) is 25.5 Å². The molecule has 2 heterocycles. The third-order valence-corrected chi connectivity index (χ3v) is 4.32. The minimum absolute atomic E-state index is 0.0425. The zero-order chi connectivity index (χ0) is 21.1. The number of hydrogen-bond acceptors (Lipinski definition) is 6. The molecular weight excluding hydrogens is 375 g/mol. The van der Waals surface area contributed by atoms with Crippen LogP contribution in [0.25, 0.3) is 0 Å². The number of alkyl halides is 3. The fraction of sp³-hybridized carbons (Fsp3) is 0.667. The molecule has 1 N–H and O–H groups in total. The van der Waals surface area contributed by atoms with Gasteiger partial charge in [0.1, 0.15) is 17.0 Å². The van der Waals surface area contributed by atoms with E-state index in [1.807, 2.05) is 27.7 Å². The van der Waals surface area contributed by atoms with Crippen molar-refractivity contribution in [1.82, 2.24) is 14.9 Å². The fourth-order valence-electron chi connectivity index (χ4n) is 2.87. The van der Waals surface area contributed by atoms with Gasteiger partial charge >= 0.3 is 12.3 Å². The van der Waals surface area contributed by atoms with Gasteiger partial charge in [-0.25, -0.2) is 14.8 Å². The predicted octanol–water partition coefficient (Wildman–Crippen LogP) is 4.13. The molecule has 2 rings (SSSR count). The van der Waals surface area contributed by atoms with Crippen molar-refractivity contribution in [3.05, 3.63) is 11.8 Å². The summed E-state index contributed by atoms with van der Waals surface area (Å²) in [7, 11) is 1.36. The second-order valence-corrected chi connectivity index (χ2v) is 7.81. The Hall–Kier alpha value is -2.39. The number of halogens is 3. The number of likely N-dealkylation sites (tertiary alicyclic amines) is 1. The molecule has 0 bridgehead atoms. The van der Waals surface area contributed by atoms with E-state index in [9.17, 15) is 18.0 Å². The van der Waals surface area contributed by atoms with Gasteiger partial charge in [-0.1, -0.05) is 6.92 Å². The minimum Gasteiger partial charge on any atom is -0.444 e. The van der Waals surface area contributed by atoms with Gasteiger partial charge in [0.15, 0.2) is 0 Å². The van der Waals surface area contributed by atoms with E-state index in [0.29, 0.717) is 19.5 Å². The van der Waals surface area contributed by atoms with Crippen LogP contribution < -0.4 is 5.32 Å². The molecule has 0 saturated carbocycles. The highest BCUT2D eigenvalue weighted by Crippen LogP contribution is 2.34. The maximum atomic E-state index is 12.9. The van der Waals surface area contributed by atoms with Crippen LogP contribution in [0, 0.1) is 11.8 Å². The topological polar surface area (TPSA) is 79.7 Å². The highest BCUT2D eigenvalue weighted by Gasteiger charge is 2.35. The summed E-state index contributed by atoms with van der Waals surface area (Å²) in [6.45, 7) is 8.47. The first-order valence-electron chi connectivity index (χ1n) is 9.05. The number of anilines is 1. The van der Waals surface area contributed by atoms with Gasteiger partial charge < -0.3 is 15.0 Å². The van der Waals surface area contributed by atoms with Gasteiger partial charge in [0, 0.05) is 38.5 Å². The molecule has 1 saturated heterocycles. The smallest absolute Gasteiger partial charge is 0.421 e. The van der Waals surface area contributed by atoms with Crippen LogP contribution in [-0.2, 0) is 10.9 Å². The van der Waals surface area contributed by atoms with E-state index in [-0.39, 0.29) is 29.7 Å². The summed E-state index contributed by atoms with van der Waals surface area (Å²) in [6.07, 6.45) is -1.84. The van der Waals surface area contributed by atoms with Gasteiger partial charge in [0.05, 0.1) is 0 Å². The summed E-state index contributed by atoms with van der Waals surface area (Å²) >= 11 is 0. The van der Waals surface area contributed by atoms with E-state index < -0.39 is 17.3 Å². The second kappa shape index (κ2) is 8.32. The molecule has 0 radical (unpaired) electrons. The van der Waals surface area contributed by atoms with E-state index in [1.54, 1.807) is 11.1 Å². The molecule has 1 aliphatic heterocycles. The van der Waals surface area contributed by atoms with Crippen molar-refractivity contribution in [2.45, 2.75) is 45.9 Å². The normalized spacial score (nSPS) is 21.1. The number of carbonyl (C=O) groups is 1. The van der Waals surface area contributed by atoms with Crippen molar-refractivity contribution in [2.24, 2.45) is 16.8 Å². The third-order valence-electron chi connectivity index (χ3n) is 4.32. The van der Waals surface area contributed by atoms with Crippen LogP contribution in [0.15, 0.2) is 11.2 Å². The Kier molecular flexibility index (Phi) is 6.51. The lowest BCUT2D eigenvalue weighted by molar-refractivity contribution is -0.137. The summed E-state index contributed by atoms with van der Waals surface area (Å²) < 4.78 is 44.1. The van der Waals surface area contributed by atoms with Crippen molar-refractivity contribution >= 4 is 24.1 Å². The lowest BCUT2D eigenvalue weighted by Crippen LogP contribution is -2.45. The molecular formula is C18H26F3N5O2. The van der Waals surface area contributed by atoms with Crippen LogP contribution in [0.1, 0.15) is 39.7 Å². The van der Waals surface area contributed by atoms with Crippen molar-refractivity contribution in [3.8, 4) is 0 Å². The van der Waals surface area contributed by atoms with Crippen LogP contribution in [0.4, 0.5) is 29.7 Å². The molecule has 10 heteroatoms. The first-order chi connectivity index (χ1) is 12.9. The Bertz CT molecular complexity index is 731. The number of aromatic nitrogens is 2. The Morgan fingerprint density at radius 1 is 1.39 bits per heavy atom. The molecule has 2 unspecified atom stereocenters. The van der Waals surface area contributed by atoms with Gasteiger partial charge in [0.2, 0.25) is 0 Å². The van der Waals surface area contributed by atoms with Crippen LogP contribution >= 0.6 is 0 Å². The summed E-state index contributed by atoms with van der Waals surface area (Å²) in [4.78, 5) is 25.5. The summed E-state index contributed by atoms with van der Waals surface area (Å²) in [6, 6.07) is 0. The zero-order valence-electron chi connectivity index (χ0n) is 16.7. The van der Waals surface area contributed by atoms with E-state index in [4.69, 9.17) is 4.74 Å². The molecule has 0 aliphatic carbocycles. The van der Waals surface area contributed by atoms with Crippen molar-refractivity contribution in [3.63, 3.8) is 0 Å². The standard InChI is InChI=1S/C18H26F3N5O2/c1-11-10-26(16(27)28-17(2,3)4)7-6-12(11)8-23-15-24-9-13(18(19,20)21)14(22-5)25-15/h8-9,11-12H,6-7,10H2,1-5H3,(H,22,24,25). The average molecular weight is 401 g/mol. The molecule has 156 valence electrons. The first-order valence-corrected chi connectivity index (χ1v) is 9.05. The van der Waals surface area contributed by atoms with Crippen molar-refractivity contribution in [1.29, 1.82) is 0 Å². The van der Waals surface area contributed by atoms with Crippen molar-refractivity contribution < 1.29 is 22.7 Å².